The highest BCUT2D eigenvalue weighted by atomic mass is 32.2. The Morgan fingerprint density at radius 1 is 0.795 bits per heavy atom. The molecule has 3 fully saturated rings. The third-order valence-electron chi connectivity index (χ3n) is 5.92. The molecule has 3 N–H and O–H groups in total. The highest BCUT2D eigenvalue weighted by Crippen LogP contribution is 2.41. The minimum Gasteiger partial charge on any atom is -0.394 e. The Kier molecular flexibility index (Phi) is 15.2. The smallest absolute Gasteiger partial charge is 0.378 e. The van der Waals surface area contributed by atoms with Gasteiger partial charge in [0.25, 0.3) is 11.1 Å². The summed E-state index contributed by atoms with van der Waals surface area (Å²) in [6.07, 6.45) is 2.26. The summed E-state index contributed by atoms with van der Waals surface area (Å²) >= 11 is 4.47. The molecule has 3 saturated heterocycles. The second-order valence-corrected chi connectivity index (χ2v) is 18.5. The summed E-state index contributed by atoms with van der Waals surface area (Å²) in [4.78, 5) is 49.8. The first-order valence-corrected chi connectivity index (χ1v) is 21.6. The van der Waals surface area contributed by atoms with Crippen molar-refractivity contribution in [2.24, 2.45) is 0 Å². The summed E-state index contributed by atoms with van der Waals surface area (Å²) in [5.74, 6) is 2.10. The quantitative estimate of drug-likeness (QED) is 0.330. The second-order valence-electron chi connectivity index (χ2n) is 9.51. The van der Waals surface area contributed by atoms with Gasteiger partial charge in [-0.3, -0.25) is 23.7 Å². The van der Waals surface area contributed by atoms with Gasteiger partial charge in [0.15, 0.2) is 0 Å². The first-order chi connectivity index (χ1) is 20.9. The van der Waals surface area contributed by atoms with Gasteiger partial charge in [0.2, 0.25) is 0 Å². The van der Waals surface area contributed by atoms with Crippen LogP contribution in [0.25, 0.3) is 0 Å². The zero-order valence-electron chi connectivity index (χ0n) is 24.0. The van der Waals surface area contributed by atoms with E-state index in [1.54, 1.807) is 20.0 Å². The van der Waals surface area contributed by atoms with Gasteiger partial charge in [0, 0.05) is 41.8 Å². The van der Waals surface area contributed by atoms with Gasteiger partial charge < -0.3 is 24.3 Å². The average molecular weight is 732 g/mol. The Labute approximate surface area is 267 Å². The van der Waals surface area contributed by atoms with Crippen LogP contribution in [-0.4, -0.2) is 102 Å². The van der Waals surface area contributed by atoms with Crippen LogP contribution in [0.4, 0.5) is 0 Å². The molecule has 21 heteroatoms. The molecule has 9 atom stereocenters. The predicted molar refractivity (Wildman–Crippen MR) is 174 cm³/mol. The molecule has 0 bridgehead atoms. The summed E-state index contributed by atoms with van der Waals surface area (Å²) in [6, 6.07) is 2.59. The van der Waals surface area contributed by atoms with E-state index in [0.717, 1.165) is 10.3 Å². The number of H-pyrrole nitrogens is 2. The molecule has 2 aromatic heterocycles. The SMILES string of the molecule is C[P+](=O)C1OC(CO)CS1.C[P+](=O)C1OC(Cn2c(=O)cc[nH]c2=O)CS1.C[P+](=O)C1OC(Cn2ccc(=O)[nH]c2=O)CS1. The van der Waals surface area contributed by atoms with E-state index >= 15 is 0 Å². The number of rotatable bonds is 8. The standard InChI is InChI=1S/2C9H11N2O4PS.C5H10O3PS/c1-16(14)9-15-6(5-17-9)4-11-3-2-7(12)10-8(11)13;1-16(14)9-15-6(5-17-9)4-11-7(12)2-3-10-8(11)13;1-9(7)5-8-4(2-6)3-10-5/h2*2-3,6,9H,4-5H2,1H3;4-6H,2-3H2,1H3/q;;+1/p+2. The molecule has 0 radical (unpaired) electrons. The molecule has 5 heterocycles. The molecule has 242 valence electrons. The van der Waals surface area contributed by atoms with E-state index in [2.05, 4.69) is 9.97 Å². The largest absolute Gasteiger partial charge is 0.394 e. The van der Waals surface area contributed by atoms with Crippen LogP contribution in [0.15, 0.2) is 43.7 Å². The summed E-state index contributed by atoms with van der Waals surface area (Å²) in [7, 11) is -4.03. The van der Waals surface area contributed by atoms with Crippen molar-refractivity contribution in [2.45, 2.75) is 46.9 Å². The number of aliphatic hydroxyl groups is 1. The fourth-order valence-electron chi connectivity index (χ4n) is 3.79. The highest BCUT2D eigenvalue weighted by Gasteiger charge is 2.38. The summed E-state index contributed by atoms with van der Waals surface area (Å²) in [5, 5.41) is 7.84. The molecule has 15 nitrogen and oxygen atoms in total. The van der Waals surface area contributed by atoms with Gasteiger partial charge in [-0.05, 0) is 0 Å². The van der Waals surface area contributed by atoms with Gasteiger partial charge in [0.1, 0.15) is 20.0 Å². The second kappa shape index (κ2) is 18.0. The van der Waals surface area contributed by atoms with Crippen LogP contribution in [0.5, 0.6) is 0 Å². The number of aromatic nitrogens is 4. The van der Waals surface area contributed by atoms with Gasteiger partial charge in [0.05, 0.1) is 38.0 Å². The first-order valence-electron chi connectivity index (χ1n) is 13.1. The van der Waals surface area contributed by atoms with Crippen LogP contribution in [-0.2, 0) is 41.0 Å². The van der Waals surface area contributed by atoms with Crippen LogP contribution in [0.1, 0.15) is 0 Å². The van der Waals surface area contributed by atoms with Gasteiger partial charge in [-0.25, -0.2) is 9.59 Å². The fraction of sp³-hybridized carbons (Fsp3) is 0.652. The third-order valence-corrected chi connectivity index (χ3v) is 15.0. The zero-order chi connectivity index (χ0) is 32.4. The molecule has 3 aliphatic rings. The normalized spacial score (nSPS) is 27.0. The summed E-state index contributed by atoms with van der Waals surface area (Å²) in [5.41, 5.74) is -1.67. The van der Waals surface area contributed by atoms with E-state index in [1.165, 1.54) is 64.4 Å². The van der Waals surface area contributed by atoms with Crippen molar-refractivity contribution in [3.63, 3.8) is 0 Å². The average Bonchev–Trinajstić information content (AvgIpc) is 3.74. The predicted octanol–water partition coefficient (Wildman–Crippen LogP) is 1.67. The van der Waals surface area contributed by atoms with Crippen molar-refractivity contribution in [3.05, 3.63) is 66.2 Å². The van der Waals surface area contributed by atoms with E-state index in [1.807, 2.05) is 0 Å². The Hall–Kier alpha value is -1.45. The maximum Gasteiger partial charge on any atom is 0.378 e. The molecule has 3 aliphatic heterocycles. The van der Waals surface area contributed by atoms with Crippen molar-refractivity contribution >= 4 is 58.7 Å². The molecule has 0 spiro atoms. The molecular formula is C23H34N4O11P3S3+3. The topological polar surface area (TPSA) is 209 Å². The number of nitrogens with one attached hydrogen (secondary N) is 2. The van der Waals surface area contributed by atoms with Crippen LogP contribution >= 0.6 is 58.7 Å². The number of nitrogens with zero attached hydrogens (tertiary/aromatic N) is 2. The minimum atomic E-state index is -1.40. The number of aliphatic hydroxyl groups excluding tert-OH is 1. The summed E-state index contributed by atoms with van der Waals surface area (Å²) < 4.78 is 52.0. The van der Waals surface area contributed by atoms with Crippen LogP contribution < -0.4 is 22.5 Å². The molecule has 5 rings (SSSR count). The molecule has 9 unspecified atom stereocenters. The van der Waals surface area contributed by atoms with Gasteiger partial charge >= 0.3 is 50.3 Å². The van der Waals surface area contributed by atoms with E-state index in [4.69, 9.17) is 19.3 Å². The van der Waals surface area contributed by atoms with Gasteiger partial charge in [-0.15, -0.1) is 0 Å². The molecule has 0 amide bonds. The van der Waals surface area contributed by atoms with Crippen molar-refractivity contribution < 1.29 is 33.0 Å². The van der Waals surface area contributed by atoms with Crippen LogP contribution in [0.2, 0.25) is 0 Å². The van der Waals surface area contributed by atoms with Crippen LogP contribution in [0.3, 0.4) is 0 Å². The molecule has 44 heavy (non-hydrogen) atoms. The number of ether oxygens (including phenoxy) is 3. The lowest BCUT2D eigenvalue weighted by Crippen LogP contribution is -2.38. The first kappa shape index (κ1) is 37.0. The maximum atomic E-state index is 11.5. The lowest BCUT2D eigenvalue weighted by Gasteiger charge is -2.09. The van der Waals surface area contributed by atoms with E-state index in [0.29, 0.717) is 18.1 Å². The van der Waals surface area contributed by atoms with E-state index in [9.17, 15) is 32.9 Å². The number of aromatic amines is 2. The Morgan fingerprint density at radius 2 is 1.30 bits per heavy atom. The van der Waals surface area contributed by atoms with E-state index in [-0.39, 0.29) is 52.6 Å². The van der Waals surface area contributed by atoms with Crippen molar-refractivity contribution in [1.29, 1.82) is 0 Å². The number of thioether (sulfide) groups is 3. The third kappa shape index (κ3) is 11.4. The Morgan fingerprint density at radius 3 is 1.73 bits per heavy atom. The summed E-state index contributed by atoms with van der Waals surface area (Å²) in [6.45, 7) is 5.47. The molecular weight excluding hydrogens is 697 g/mol. The van der Waals surface area contributed by atoms with Crippen LogP contribution in [0, 0.1) is 0 Å². The van der Waals surface area contributed by atoms with Gasteiger partial charge in [-0.1, -0.05) is 49.0 Å². The molecule has 0 saturated carbocycles. The van der Waals surface area contributed by atoms with Crippen molar-refractivity contribution in [3.8, 4) is 0 Å². The number of hydrogen-bond donors (Lipinski definition) is 3. The Balaban J connectivity index is 0.000000187. The highest BCUT2D eigenvalue weighted by molar-refractivity contribution is 8.05. The lowest BCUT2D eigenvalue weighted by atomic mass is 10.4. The monoisotopic (exact) mass is 731 g/mol. The molecule has 0 aliphatic carbocycles. The van der Waals surface area contributed by atoms with Gasteiger partial charge in [-0.2, -0.15) is 0 Å². The lowest BCUT2D eigenvalue weighted by molar-refractivity contribution is 0.0542. The minimum absolute atomic E-state index is 0.0344. The van der Waals surface area contributed by atoms with Crippen molar-refractivity contribution in [2.75, 3.05) is 43.9 Å². The fourth-order valence-corrected chi connectivity index (χ4v) is 10.5. The van der Waals surface area contributed by atoms with Crippen molar-refractivity contribution in [1.82, 2.24) is 19.1 Å². The number of hydrogen-bond acceptors (Lipinski definition) is 14. The Bertz CT molecular complexity index is 1520. The molecule has 2 aromatic rings. The maximum absolute atomic E-state index is 11.5. The molecule has 0 aromatic carbocycles. The van der Waals surface area contributed by atoms with E-state index < -0.39 is 40.3 Å². The zero-order valence-corrected chi connectivity index (χ0v) is 29.1.